The van der Waals surface area contributed by atoms with Crippen LogP contribution >= 0.6 is 0 Å². The van der Waals surface area contributed by atoms with Crippen LogP contribution in [0.5, 0.6) is 5.75 Å². The molecule has 0 unspecified atom stereocenters. The van der Waals surface area contributed by atoms with E-state index < -0.39 is 0 Å². The molecular weight excluding hydrogens is 307 g/mol. The fourth-order valence-corrected chi connectivity index (χ4v) is 2.54. The smallest absolute Gasteiger partial charge is 0.181 e. The Bertz CT molecular complexity index is 1010. The third kappa shape index (κ3) is 2.48. The van der Waals surface area contributed by atoms with Crippen molar-refractivity contribution in [2.75, 3.05) is 7.11 Å². The third-order valence-electron chi connectivity index (χ3n) is 3.73. The van der Waals surface area contributed by atoms with Crippen molar-refractivity contribution < 1.29 is 9.13 Å². The van der Waals surface area contributed by atoms with Gasteiger partial charge in [0, 0.05) is 11.1 Å². The largest absolute Gasteiger partial charge is 0.497 e. The van der Waals surface area contributed by atoms with Gasteiger partial charge in [0.05, 0.1) is 13.4 Å². The predicted molar refractivity (Wildman–Crippen MR) is 89.1 cm³/mol. The highest BCUT2D eigenvalue weighted by molar-refractivity contribution is 5.88. The van der Waals surface area contributed by atoms with Gasteiger partial charge in [-0.05, 0) is 36.4 Å². The zero-order valence-electron chi connectivity index (χ0n) is 12.8. The van der Waals surface area contributed by atoms with E-state index >= 15 is 0 Å². The van der Waals surface area contributed by atoms with Crippen molar-refractivity contribution in [3.05, 3.63) is 60.7 Å². The first-order valence-corrected chi connectivity index (χ1v) is 7.36. The standard InChI is InChI=1S/C18H13FN4O/c1-24-14-4-2-3-12(9-14)15-16-18(21-10-20-16)23-17(22-15)11-5-7-13(19)8-6-11/h2-10H,1H3,(H,20,21,22,23). The van der Waals surface area contributed by atoms with Gasteiger partial charge in [-0.1, -0.05) is 12.1 Å². The van der Waals surface area contributed by atoms with Gasteiger partial charge in [-0.3, -0.25) is 0 Å². The van der Waals surface area contributed by atoms with Gasteiger partial charge in [-0.15, -0.1) is 0 Å². The molecule has 0 aliphatic rings. The zero-order valence-corrected chi connectivity index (χ0v) is 12.8. The van der Waals surface area contributed by atoms with Crippen LogP contribution in [0.1, 0.15) is 0 Å². The van der Waals surface area contributed by atoms with Crippen LogP contribution in [-0.4, -0.2) is 27.0 Å². The minimum atomic E-state index is -0.299. The van der Waals surface area contributed by atoms with Gasteiger partial charge in [0.2, 0.25) is 0 Å². The molecule has 1 N–H and O–H groups in total. The Morgan fingerprint density at radius 1 is 1.00 bits per heavy atom. The lowest BCUT2D eigenvalue weighted by atomic mass is 10.1. The van der Waals surface area contributed by atoms with Gasteiger partial charge in [-0.2, -0.15) is 0 Å². The summed E-state index contributed by atoms with van der Waals surface area (Å²) in [6.45, 7) is 0. The third-order valence-corrected chi connectivity index (χ3v) is 3.73. The molecule has 118 valence electrons. The van der Waals surface area contributed by atoms with Crippen molar-refractivity contribution in [2.45, 2.75) is 0 Å². The number of H-pyrrole nitrogens is 1. The molecule has 5 nitrogen and oxygen atoms in total. The molecule has 0 atom stereocenters. The number of aromatic amines is 1. The lowest BCUT2D eigenvalue weighted by Crippen LogP contribution is -1.95. The highest BCUT2D eigenvalue weighted by Gasteiger charge is 2.13. The number of nitrogens with zero attached hydrogens (tertiary/aromatic N) is 3. The topological polar surface area (TPSA) is 63.7 Å². The number of hydrogen-bond acceptors (Lipinski definition) is 4. The number of rotatable bonds is 3. The van der Waals surface area contributed by atoms with Crippen molar-refractivity contribution in [3.63, 3.8) is 0 Å². The molecule has 0 radical (unpaired) electrons. The molecule has 0 spiro atoms. The molecule has 2 aromatic heterocycles. The Kier molecular flexibility index (Phi) is 3.42. The fraction of sp³-hybridized carbons (Fsp3) is 0.0556. The summed E-state index contributed by atoms with van der Waals surface area (Å²) in [6, 6.07) is 13.7. The summed E-state index contributed by atoms with van der Waals surface area (Å²) < 4.78 is 18.4. The number of hydrogen-bond donors (Lipinski definition) is 1. The molecule has 0 saturated heterocycles. The zero-order chi connectivity index (χ0) is 16.5. The maximum atomic E-state index is 13.2. The molecule has 0 bridgehead atoms. The molecular formula is C18H13FN4O. The van der Waals surface area contributed by atoms with Crippen LogP contribution in [0.15, 0.2) is 54.9 Å². The Hall–Kier alpha value is -3.28. The van der Waals surface area contributed by atoms with Crippen LogP contribution in [-0.2, 0) is 0 Å². The Morgan fingerprint density at radius 2 is 1.83 bits per heavy atom. The van der Waals surface area contributed by atoms with E-state index in [-0.39, 0.29) is 5.82 Å². The average molecular weight is 320 g/mol. The van der Waals surface area contributed by atoms with Gasteiger partial charge < -0.3 is 9.72 Å². The minimum Gasteiger partial charge on any atom is -0.497 e. The molecule has 6 heteroatoms. The number of fused-ring (bicyclic) bond motifs is 1. The van der Waals surface area contributed by atoms with Crippen LogP contribution in [0.25, 0.3) is 33.8 Å². The minimum absolute atomic E-state index is 0.299. The number of nitrogens with one attached hydrogen (secondary N) is 1. The maximum Gasteiger partial charge on any atom is 0.181 e. The molecule has 2 aromatic carbocycles. The van der Waals surface area contributed by atoms with Crippen LogP contribution in [0.2, 0.25) is 0 Å². The van der Waals surface area contributed by atoms with Crippen molar-refractivity contribution in [1.82, 2.24) is 19.9 Å². The Morgan fingerprint density at radius 3 is 2.62 bits per heavy atom. The monoisotopic (exact) mass is 320 g/mol. The number of halogens is 1. The molecule has 0 aliphatic carbocycles. The maximum absolute atomic E-state index is 13.2. The molecule has 0 fully saturated rings. The molecule has 0 aliphatic heterocycles. The van der Waals surface area contributed by atoms with E-state index in [4.69, 9.17) is 4.74 Å². The average Bonchev–Trinajstić information content (AvgIpc) is 3.10. The summed E-state index contributed by atoms with van der Waals surface area (Å²) in [4.78, 5) is 16.4. The molecule has 4 aromatic rings. The van der Waals surface area contributed by atoms with Gasteiger partial charge in [0.25, 0.3) is 0 Å². The predicted octanol–water partition coefficient (Wildman–Crippen LogP) is 3.83. The van der Waals surface area contributed by atoms with Crippen molar-refractivity contribution in [2.24, 2.45) is 0 Å². The molecule has 4 rings (SSSR count). The Labute approximate surface area is 137 Å². The van der Waals surface area contributed by atoms with Crippen LogP contribution in [0.4, 0.5) is 4.39 Å². The number of aromatic nitrogens is 4. The van der Waals surface area contributed by atoms with Gasteiger partial charge in [0.1, 0.15) is 22.8 Å². The lowest BCUT2D eigenvalue weighted by Gasteiger charge is -2.07. The van der Waals surface area contributed by atoms with E-state index in [2.05, 4.69) is 19.9 Å². The quantitative estimate of drug-likeness (QED) is 0.623. The number of methoxy groups -OCH3 is 1. The van der Waals surface area contributed by atoms with Crippen molar-refractivity contribution in [3.8, 4) is 28.4 Å². The Balaban J connectivity index is 1.93. The number of ether oxygens (including phenoxy) is 1. The van der Waals surface area contributed by atoms with Gasteiger partial charge >= 0.3 is 0 Å². The number of imidazole rings is 1. The normalized spacial score (nSPS) is 10.9. The second-order valence-corrected chi connectivity index (χ2v) is 5.24. The van der Waals surface area contributed by atoms with E-state index in [1.54, 1.807) is 25.6 Å². The first-order valence-electron chi connectivity index (χ1n) is 7.36. The van der Waals surface area contributed by atoms with E-state index in [1.165, 1.54) is 12.1 Å². The molecule has 0 saturated carbocycles. The van der Waals surface area contributed by atoms with Crippen LogP contribution in [0, 0.1) is 5.82 Å². The first kappa shape index (κ1) is 14.3. The van der Waals surface area contributed by atoms with E-state index in [0.29, 0.717) is 11.5 Å². The van der Waals surface area contributed by atoms with E-state index in [9.17, 15) is 4.39 Å². The molecule has 0 amide bonds. The van der Waals surface area contributed by atoms with Gasteiger partial charge in [0.15, 0.2) is 11.5 Å². The first-order chi connectivity index (χ1) is 11.7. The highest BCUT2D eigenvalue weighted by atomic mass is 19.1. The summed E-state index contributed by atoms with van der Waals surface area (Å²) in [6.07, 6.45) is 1.58. The van der Waals surface area contributed by atoms with E-state index in [0.717, 1.165) is 28.1 Å². The summed E-state index contributed by atoms with van der Waals surface area (Å²) in [5.74, 6) is 0.933. The molecule has 2 heterocycles. The molecule has 24 heavy (non-hydrogen) atoms. The summed E-state index contributed by atoms with van der Waals surface area (Å²) in [5, 5.41) is 0. The number of benzene rings is 2. The summed E-state index contributed by atoms with van der Waals surface area (Å²) >= 11 is 0. The second-order valence-electron chi connectivity index (χ2n) is 5.24. The van der Waals surface area contributed by atoms with Crippen LogP contribution in [0.3, 0.4) is 0 Å². The van der Waals surface area contributed by atoms with E-state index in [1.807, 2.05) is 24.3 Å². The van der Waals surface area contributed by atoms with Crippen molar-refractivity contribution >= 4 is 11.2 Å². The van der Waals surface area contributed by atoms with Crippen LogP contribution < -0.4 is 4.74 Å². The summed E-state index contributed by atoms with van der Waals surface area (Å²) in [7, 11) is 1.62. The highest BCUT2D eigenvalue weighted by Crippen LogP contribution is 2.29. The van der Waals surface area contributed by atoms with Crippen molar-refractivity contribution in [1.29, 1.82) is 0 Å². The second kappa shape index (κ2) is 5.73. The SMILES string of the molecule is COc1cccc(-c2nc(-c3ccc(F)cc3)nc3nc[nH]c23)c1. The summed E-state index contributed by atoms with van der Waals surface area (Å²) in [5.41, 5.74) is 3.63. The fourth-order valence-electron chi connectivity index (χ4n) is 2.54. The van der Waals surface area contributed by atoms with Gasteiger partial charge in [-0.25, -0.2) is 19.3 Å². The lowest BCUT2D eigenvalue weighted by molar-refractivity contribution is 0.415.